The highest BCUT2D eigenvalue weighted by Gasteiger charge is 2.27. The number of benzene rings is 3. The zero-order valence-corrected chi connectivity index (χ0v) is 19.0. The average Bonchev–Trinajstić information content (AvgIpc) is 3.21. The molecule has 172 valence electrons. The van der Waals surface area contributed by atoms with E-state index in [1.807, 2.05) is 25.1 Å². The molecule has 0 saturated heterocycles. The normalized spacial score (nSPS) is 13.7. The lowest BCUT2D eigenvalue weighted by Crippen LogP contribution is -2.30. The van der Waals surface area contributed by atoms with Gasteiger partial charge in [-0.15, -0.1) is 0 Å². The Morgan fingerprint density at radius 3 is 2.48 bits per heavy atom. The number of halogens is 1. The highest BCUT2D eigenvalue weighted by Crippen LogP contribution is 2.31. The van der Waals surface area contributed by atoms with Gasteiger partial charge in [-0.3, -0.25) is 4.18 Å². The molecule has 0 spiro atoms. The molecule has 0 radical (unpaired) electrons. The van der Waals surface area contributed by atoms with Crippen LogP contribution in [0.1, 0.15) is 17.2 Å². The van der Waals surface area contributed by atoms with Crippen molar-refractivity contribution < 1.29 is 26.8 Å². The Kier molecular flexibility index (Phi) is 6.51. The predicted molar refractivity (Wildman–Crippen MR) is 123 cm³/mol. The van der Waals surface area contributed by atoms with Gasteiger partial charge >= 0.3 is 0 Å². The maximum atomic E-state index is 14.1. The van der Waals surface area contributed by atoms with Gasteiger partial charge < -0.3 is 14.4 Å². The molecule has 3 aromatic carbocycles. The fraction of sp³-hybridized carbons (Fsp3) is 0.200. The SMILES string of the molecule is COc1ccc2ccn([C@@H](c3cccc(F)c3)[C@H](O)COS(=O)(=O)c3ccc(C)cc3)c2c1. The van der Waals surface area contributed by atoms with Crippen LogP contribution in [0.4, 0.5) is 4.39 Å². The molecule has 33 heavy (non-hydrogen) atoms. The highest BCUT2D eigenvalue weighted by molar-refractivity contribution is 7.86. The van der Waals surface area contributed by atoms with E-state index in [9.17, 15) is 17.9 Å². The Bertz CT molecular complexity index is 1370. The maximum absolute atomic E-state index is 14.1. The van der Waals surface area contributed by atoms with Crippen molar-refractivity contribution in [3.05, 3.63) is 95.9 Å². The second-order valence-electron chi connectivity index (χ2n) is 7.77. The van der Waals surface area contributed by atoms with Crippen molar-refractivity contribution >= 4 is 21.0 Å². The zero-order valence-electron chi connectivity index (χ0n) is 18.2. The number of nitrogens with zero attached hydrogens (tertiary/aromatic N) is 1. The molecule has 8 heteroatoms. The Labute approximate surface area is 191 Å². The molecule has 0 fully saturated rings. The number of aliphatic hydroxyl groups excluding tert-OH is 1. The Morgan fingerprint density at radius 1 is 1.03 bits per heavy atom. The quantitative estimate of drug-likeness (QED) is 0.386. The first kappa shape index (κ1) is 23.0. The summed E-state index contributed by atoms with van der Waals surface area (Å²) in [4.78, 5) is -0.00115. The summed E-state index contributed by atoms with van der Waals surface area (Å²) in [7, 11) is -2.53. The van der Waals surface area contributed by atoms with Gasteiger partial charge in [0.1, 0.15) is 17.7 Å². The standard InChI is InChI=1S/C25H24FNO5S/c1-17-6-10-22(11-7-17)33(29,30)32-16-24(28)25(19-4-3-5-20(26)14-19)27-13-12-18-8-9-21(31-2)15-23(18)27/h3-15,24-25,28H,16H2,1-2H3/t24-,25+/m1/s1. The molecule has 0 amide bonds. The van der Waals surface area contributed by atoms with Crippen molar-refractivity contribution in [2.75, 3.05) is 13.7 Å². The van der Waals surface area contributed by atoms with Crippen LogP contribution in [0.25, 0.3) is 10.9 Å². The van der Waals surface area contributed by atoms with Gasteiger partial charge in [-0.25, -0.2) is 4.39 Å². The maximum Gasteiger partial charge on any atom is 0.297 e. The van der Waals surface area contributed by atoms with Crippen molar-refractivity contribution in [2.24, 2.45) is 0 Å². The summed E-state index contributed by atoms with van der Waals surface area (Å²) in [6, 6.07) is 18.6. The molecule has 2 atom stereocenters. The number of hydrogen-bond acceptors (Lipinski definition) is 5. The molecule has 1 aromatic heterocycles. The zero-order chi connectivity index (χ0) is 23.6. The second kappa shape index (κ2) is 9.35. The number of aromatic nitrogens is 1. The van der Waals surface area contributed by atoms with Crippen LogP contribution in [0.5, 0.6) is 5.75 Å². The first-order chi connectivity index (χ1) is 15.8. The van der Waals surface area contributed by atoms with E-state index < -0.39 is 34.7 Å². The van der Waals surface area contributed by atoms with E-state index in [1.165, 1.54) is 24.3 Å². The fourth-order valence-corrected chi connectivity index (χ4v) is 4.70. The molecule has 0 aliphatic carbocycles. The van der Waals surface area contributed by atoms with E-state index in [0.29, 0.717) is 11.3 Å². The van der Waals surface area contributed by atoms with Crippen LogP contribution in [0.2, 0.25) is 0 Å². The molecule has 0 unspecified atom stereocenters. The van der Waals surface area contributed by atoms with Crippen molar-refractivity contribution in [3.8, 4) is 5.75 Å². The Balaban J connectivity index is 1.69. The van der Waals surface area contributed by atoms with E-state index >= 15 is 0 Å². The molecule has 0 bridgehead atoms. The first-order valence-corrected chi connectivity index (χ1v) is 11.7. The first-order valence-electron chi connectivity index (χ1n) is 10.3. The molecule has 0 aliphatic rings. The Morgan fingerprint density at radius 2 is 1.79 bits per heavy atom. The van der Waals surface area contributed by atoms with Crippen LogP contribution in [-0.4, -0.2) is 37.9 Å². The predicted octanol–water partition coefficient (Wildman–Crippen LogP) is 4.45. The molecule has 4 aromatic rings. The summed E-state index contributed by atoms with van der Waals surface area (Å²) in [5.41, 5.74) is 2.12. The third-order valence-corrected chi connectivity index (χ3v) is 6.78. The number of rotatable bonds is 8. The molecular weight excluding hydrogens is 445 g/mol. The highest BCUT2D eigenvalue weighted by atomic mass is 32.2. The molecule has 4 rings (SSSR count). The van der Waals surface area contributed by atoms with Gasteiger partial charge in [0.15, 0.2) is 0 Å². The van der Waals surface area contributed by atoms with E-state index in [2.05, 4.69) is 0 Å². The smallest absolute Gasteiger partial charge is 0.297 e. The third kappa shape index (κ3) is 4.93. The van der Waals surface area contributed by atoms with Crippen LogP contribution in [0.15, 0.2) is 83.9 Å². The summed E-state index contributed by atoms with van der Waals surface area (Å²) in [6.07, 6.45) is 0.464. The lowest BCUT2D eigenvalue weighted by Gasteiger charge is -2.26. The van der Waals surface area contributed by atoms with Crippen LogP contribution >= 0.6 is 0 Å². The minimum absolute atomic E-state index is 0.00115. The summed E-state index contributed by atoms with van der Waals surface area (Å²) < 4.78 is 51.6. The number of ether oxygens (including phenoxy) is 1. The number of aliphatic hydroxyl groups is 1. The van der Waals surface area contributed by atoms with Gasteiger partial charge in [0.05, 0.1) is 30.2 Å². The summed E-state index contributed by atoms with van der Waals surface area (Å²) in [5, 5.41) is 12.0. The van der Waals surface area contributed by atoms with Crippen LogP contribution < -0.4 is 4.74 Å². The van der Waals surface area contributed by atoms with E-state index in [1.54, 1.807) is 48.2 Å². The lowest BCUT2D eigenvalue weighted by molar-refractivity contribution is 0.0784. The third-order valence-electron chi connectivity index (χ3n) is 5.49. The number of hydrogen-bond donors (Lipinski definition) is 1. The van der Waals surface area contributed by atoms with Crippen LogP contribution in [0.3, 0.4) is 0 Å². The van der Waals surface area contributed by atoms with Crippen molar-refractivity contribution in [1.82, 2.24) is 4.57 Å². The summed E-state index contributed by atoms with van der Waals surface area (Å²) in [5.74, 6) is 0.153. The van der Waals surface area contributed by atoms with Crippen LogP contribution in [-0.2, 0) is 14.3 Å². The van der Waals surface area contributed by atoms with Crippen molar-refractivity contribution in [1.29, 1.82) is 0 Å². The number of aryl methyl sites for hydroxylation is 1. The largest absolute Gasteiger partial charge is 0.497 e. The molecule has 1 N–H and O–H groups in total. The van der Waals surface area contributed by atoms with Crippen molar-refractivity contribution in [3.63, 3.8) is 0 Å². The van der Waals surface area contributed by atoms with Gasteiger partial charge in [-0.05, 0) is 60.3 Å². The Hall–Kier alpha value is -3.20. The van der Waals surface area contributed by atoms with Gasteiger partial charge in [0.25, 0.3) is 10.1 Å². The fourth-order valence-electron chi connectivity index (χ4n) is 3.78. The monoisotopic (exact) mass is 469 g/mol. The molecule has 6 nitrogen and oxygen atoms in total. The summed E-state index contributed by atoms with van der Waals surface area (Å²) in [6.45, 7) is 1.34. The summed E-state index contributed by atoms with van der Waals surface area (Å²) >= 11 is 0. The van der Waals surface area contributed by atoms with Gasteiger partial charge in [-0.1, -0.05) is 29.8 Å². The van der Waals surface area contributed by atoms with Gasteiger partial charge in [0.2, 0.25) is 0 Å². The van der Waals surface area contributed by atoms with Crippen LogP contribution in [0, 0.1) is 12.7 Å². The number of methoxy groups -OCH3 is 1. The molecule has 1 heterocycles. The van der Waals surface area contributed by atoms with E-state index in [4.69, 9.17) is 8.92 Å². The van der Waals surface area contributed by atoms with E-state index in [0.717, 1.165) is 16.5 Å². The molecular formula is C25H24FNO5S. The molecule has 0 saturated carbocycles. The second-order valence-corrected chi connectivity index (χ2v) is 9.38. The molecule has 0 aliphatic heterocycles. The van der Waals surface area contributed by atoms with Gasteiger partial charge in [-0.2, -0.15) is 8.42 Å². The van der Waals surface area contributed by atoms with Gasteiger partial charge in [0, 0.05) is 12.3 Å². The van der Waals surface area contributed by atoms with E-state index in [-0.39, 0.29) is 4.90 Å². The minimum atomic E-state index is -4.08. The number of fused-ring (bicyclic) bond motifs is 1. The minimum Gasteiger partial charge on any atom is -0.497 e. The topological polar surface area (TPSA) is 77.8 Å². The average molecular weight is 470 g/mol. The lowest BCUT2D eigenvalue weighted by atomic mass is 10.0. The van der Waals surface area contributed by atoms with Crippen molar-refractivity contribution in [2.45, 2.75) is 24.0 Å².